The van der Waals surface area contributed by atoms with Gasteiger partial charge in [-0.05, 0) is 56.5 Å². The Labute approximate surface area is 144 Å². The molecular weight excluding hydrogens is 298 g/mol. The lowest BCUT2D eigenvalue weighted by atomic mass is 9.78. The molecule has 0 aromatic heterocycles. The van der Waals surface area contributed by atoms with Crippen molar-refractivity contribution in [3.8, 4) is 5.75 Å². The van der Waals surface area contributed by atoms with Gasteiger partial charge in [0.05, 0.1) is 11.5 Å². The van der Waals surface area contributed by atoms with E-state index in [1.165, 1.54) is 0 Å². The van der Waals surface area contributed by atoms with Gasteiger partial charge in [-0.2, -0.15) is 0 Å². The highest BCUT2D eigenvalue weighted by Gasteiger charge is 2.42. The molecular formula is C21H25NO2. The van der Waals surface area contributed by atoms with E-state index in [-0.39, 0.29) is 12.0 Å². The molecule has 1 aliphatic rings. The third-order valence-electron chi connectivity index (χ3n) is 4.70. The molecule has 0 radical (unpaired) electrons. The number of rotatable bonds is 5. The van der Waals surface area contributed by atoms with Gasteiger partial charge in [0.2, 0.25) is 5.91 Å². The lowest BCUT2D eigenvalue weighted by Gasteiger charge is -2.28. The van der Waals surface area contributed by atoms with Crippen LogP contribution in [-0.2, 0) is 10.2 Å². The van der Waals surface area contributed by atoms with Gasteiger partial charge < -0.3 is 10.1 Å². The quantitative estimate of drug-likeness (QED) is 0.847. The first-order chi connectivity index (χ1) is 11.6. The van der Waals surface area contributed by atoms with E-state index in [4.69, 9.17) is 4.74 Å². The van der Waals surface area contributed by atoms with Crippen LogP contribution in [0.15, 0.2) is 54.6 Å². The van der Waals surface area contributed by atoms with Crippen molar-refractivity contribution in [2.75, 3.05) is 5.32 Å². The number of carbonyl (C=O) groups excluding carboxylic acids is 1. The van der Waals surface area contributed by atoms with E-state index in [1.54, 1.807) is 0 Å². The van der Waals surface area contributed by atoms with Gasteiger partial charge in [-0.3, -0.25) is 4.79 Å². The molecule has 3 nitrogen and oxygen atoms in total. The maximum Gasteiger partial charge on any atom is 0.235 e. The number of ether oxygens (including phenoxy) is 1. The third-order valence-corrected chi connectivity index (χ3v) is 4.70. The average molecular weight is 323 g/mol. The first kappa shape index (κ1) is 16.6. The fraction of sp³-hybridized carbons (Fsp3) is 0.381. The molecule has 2 aromatic carbocycles. The van der Waals surface area contributed by atoms with Crippen LogP contribution in [0.4, 0.5) is 5.69 Å². The Morgan fingerprint density at radius 1 is 1.00 bits per heavy atom. The highest BCUT2D eigenvalue weighted by molar-refractivity contribution is 5.99. The highest BCUT2D eigenvalue weighted by atomic mass is 16.5. The molecule has 0 saturated heterocycles. The standard InChI is InChI=1S/C21H25NO2/c1-16(2)24-19-12-10-18(11-13-19)22-20(23)21(14-6-7-15-21)17-8-4-3-5-9-17/h3-5,8-13,16H,6-7,14-15H2,1-2H3,(H,22,23). The summed E-state index contributed by atoms with van der Waals surface area (Å²) >= 11 is 0. The predicted octanol–water partition coefficient (Wildman–Crippen LogP) is 4.92. The Balaban J connectivity index is 1.77. The van der Waals surface area contributed by atoms with Gasteiger partial charge in [-0.25, -0.2) is 0 Å². The largest absolute Gasteiger partial charge is 0.491 e. The minimum absolute atomic E-state index is 0.101. The second-order valence-electron chi connectivity index (χ2n) is 6.80. The summed E-state index contributed by atoms with van der Waals surface area (Å²) in [5.41, 5.74) is 1.55. The average Bonchev–Trinajstić information content (AvgIpc) is 3.08. The number of carbonyl (C=O) groups is 1. The normalized spacial score (nSPS) is 16.1. The molecule has 0 atom stereocenters. The molecule has 2 aromatic rings. The number of anilines is 1. The van der Waals surface area contributed by atoms with E-state index >= 15 is 0 Å². The summed E-state index contributed by atoms with van der Waals surface area (Å²) < 4.78 is 5.65. The minimum atomic E-state index is -0.394. The minimum Gasteiger partial charge on any atom is -0.491 e. The van der Waals surface area contributed by atoms with Crippen LogP contribution in [0.2, 0.25) is 0 Å². The van der Waals surface area contributed by atoms with Gasteiger partial charge in [0.25, 0.3) is 0 Å². The van der Waals surface area contributed by atoms with Crippen molar-refractivity contribution in [2.45, 2.75) is 51.0 Å². The van der Waals surface area contributed by atoms with Gasteiger partial charge in [0.1, 0.15) is 5.75 Å². The lowest BCUT2D eigenvalue weighted by molar-refractivity contribution is -0.121. The Morgan fingerprint density at radius 3 is 2.21 bits per heavy atom. The van der Waals surface area contributed by atoms with Crippen molar-refractivity contribution in [3.05, 3.63) is 60.2 Å². The SMILES string of the molecule is CC(C)Oc1ccc(NC(=O)C2(c3ccccc3)CCCC2)cc1. The van der Waals surface area contributed by atoms with Crippen LogP contribution in [-0.4, -0.2) is 12.0 Å². The van der Waals surface area contributed by atoms with Crippen molar-refractivity contribution < 1.29 is 9.53 Å². The third kappa shape index (κ3) is 3.45. The monoisotopic (exact) mass is 323 g/mol. The fourth-order valence-electron chi connectivity index (χ4n) is 3.52. The van der Waals surface area contributed by atoms with Crippen LogP contribution in [0.1, 0.15) is 45.1 Å². The van der Waals surface area contributed by atoms with Crippen LogP contribution >= 0.6 is 0 Å². The molecule has 0 spiro atoms. The molecule has 1 saturated carbocycles. The van der Waals surface area contributed by atoms with E-state index in [0.717, 1.165) is 42.7 Å². The summed E-state index contributed by atoms with van der Waals surface area (Å²) in [6.07, 6.45) is 4.17. The van der Waals surface area contributed by atoms with Crippen molar-refractivity contribution in [2.24, 2.45) is 0 Å². The van der Waals surface area contributed by atoms with Crippen molar-refractivity contribution in [1.29, 1.82) is 0 Å². The molecule has 24 heavy (non-hydrogen) atoms. The maximum atomic E-state index is 13.1. The van der Waals surface area contributed by atoms with Crippen molar-refractivity contribution in [1.82, 2.24) is 0 Å². The van der Waals surface area contributed by atoms with E-state index in [0.29, 0.717) is 0 Å². The molecule has 3 rings (SSSR count). The molecule has 126 valence electrons. The van der Waals surface area contributed by atoms with Gasteiger partial charge in [-0.15, -0.1) is 0 Å². The van der Waals surface area contributed by atoms with Gasteiger partial charge in [0.15, 0.2) is 0 Å². The molecule has 0 heterocycles. The molecule has 1 amide bonds. The van der Waals surface area contributed by atoms with E-state index in [2.05, 4.69) is 17.4 Å². The molecule has 0 aliphatic heterocycles. The molecule has 1 aliphatic carbocycles. The first-order valence-corrected chi connectivity index (χ1v) is 8.74. The maximum absolute atomic E-state index is 13.1. The Morgan fingerprint density at radius 2 is 1.62 bits per heavy atom. The number of benzene rings is 2. The summed E-state index contributed by atoms with van der Waals surface area (Å²) in [4.78, 5) is 13.1. The number of hydrogen-bond donors (Lipinski definition) is 1. The number of nitrogens with one attached hydrogen (secondary N) is 1. The summed E-state index contributed by atoms with van der Waals surface area (Å²) in [5.74, 6) is 0.922. The van der Waals surface area contributed by atoms with Crippen LogP contribution in [0, 0.1) is 0 Å². The summed E-state index contributed by atoms with van der Waals surface area (Å²) in [6.45, 7) is 4.00. The van der Waals surface area contributed by atoms with Crippen molar-refractivity contribution in [3.63, 3.8) is 0 Å². The molecule has 3 heteroatoms. The van der Waals surface area contributed by atoms with Crippen LogP contribution in [0.3, 0.4) is 0 Å². The molecule has 1 fully saturated rings. The molecule has 0 unspecified atom stereocenters. The Bertz CT molecular complexity index is 671. The second-order valence-corrected chi connectivity index (χ2v) is 6.80. The lowest BCUT2D eigenvalue weighted by Crippen LogP contribution is -2.37. The summed E-state index contributed by atoms with van der Waals surface area (Å²) in [5, 5.41) is 3.11. The van der Waals surface area contributed by atoms with Gasteiger partial charge in [0, 0.05) is 5.69 Å². The summed E-state index contributed by atoms with van der Waals surface area (Å²) in [6, 6.07) is 17.8. The molecule has 0 bridgehead atoms. The Kier molecular flexibility index (Phi) is 4.89. The van der Waals surface area contributed by atoms with E-state index in [9.17, 15) is 4.79 Å². The van der Waals surface area contributed by atoms with Crippen LogP contribution < -0.4 is 10.1 Å². The van der Waals surface area contributed by atoms with Gasteiger partial charge >= 0.3 is 0 Å². The van der Waals surface area contributed by atoms with E-state index < -0.39 is 5.41 Å². The number of amides is 1. The first-order valence-electron chi connectivity index (χ1n) is 8.74. The van der Waals surface area contributed by atoms with Crippen LogP contribution in [0.5, 0.6) is 5.75 Å². The topological polar surface area (TPSA) is 38.3 Å². The zero-order valence-electron chi connectivity index (χ0n) is 14.4. The fourth-order valence-corrected chi connectivity index (χ4v) is 3.52. The number of hydrogen-bond acceptors (Lipinski definition) is 2. The zero-order valence-corrected chi connectivity index (χ0v) is 14.4. The predicted molar refractivity (Wildman–Crippen MR) is 97.4 cm³/mol. The Hall–Kier alpha value is -2.29. The summed E-state index contributed by atoms with van der Waals surface area (Å²) in [7, 11) is 0. The highest BCUT2D eigenvalue weighted by Crippen LogP contribution is 2.42. The van der Waals surface area contributed by atoms with Crippen molar-refractivity contribution >= 4 is 11.6 Å². The smallest absolute Gasteiger partial charge is 0.235 e. The zero-order chi connectivity index (χ0) is 17.0. The molecule has 1 N–H and O–H groups in total. The van der Waals surface area contributed by atoms with E-state index in [1.807, 2.05) is 56.3 Å². The van der Waals surface area contributed by atoms with Crippen LogP contribution in [0.25, 0.3) is 0 Å². The second kappa shape index (κ2) is 7.08. The van der Waals surface area contributed by atoms with Gasteiger partial charge in [-0.1, -0.05) is 43.2 Å².